The van der Waals surface area contributed by atoms with Crippen molar-refractivity contribution >= 4 is 10.0 Å². The van der Waals surface area contributed by atoms with Gasteiger partial charge in [-0.1, -0.05) is 13.8 Å². The number of hydrogen-bond acceptors (Lipinski definition) is 4. The molecule has 2 N–H and O–H groups in total. The van der Waals surface area contributed by atoms with Crippen LogP contribution >= 0.6 is 0 Å². The Morgan fingerprint density at radius 2 is 2.11 bits per heavy atom. The standard InChI is InChI=1S/C12H27N3O2S/c1-3-13-7-5-9-18(16,17)14-10-12-6-8-15(4-2)11-12/h12-14H,3-11H2,1-2H3. The van der Waals surface area contributed by atoms with Gasteiger partial charge in [-0.3, -0.25) is 0 Å². The van der Waals surface area contributed by atoms with E-state index in [0.717, 1.165) is 39.1 Å². The molecule has 1 rings (SSSR count). The van der Waals surface area contributed by atoms with E-state index in [1.165, 1.54) is 0 Å². The lowest BCUT2D eigenvalue weighted by Crippen LogP contribution is -2.33. The molecular weight excluding hydrogens is 250 g/mol. The van der Waals surface area contributed by atoms with Gasteiger partial charge in [0.25, 0.3) is 0 Å². The van der Waals surface area contributed by atoms with Gasteiger partial charge in [-0.2, -0.15) is 0 Å². The van der Waals surface area contributed by atoms with Crippen molar-refractivity contribution < 1.29 is 8.42 Å². The number of nitrogens with zero attached hydrogens (tertiary/aromatic N) is 1. The molecule has 1 unspecified atom stereocenters. The molecule has 0 saturated carbocycles. The number of rotatable bonds is 9. The Kier molecular flexibility index (Phi) is 7.14. The SMILES string of the molecule is CCNCCCS(=O)(=O)NCC1CCN(CC)C1. The molecule has 18 heavy (non-hydrogen) atoms. The lowest BCUT2D eigenvalue weighted by atomic mass is 10.1. The van der Waals surface area contributed by atoms with Crippen LogP contribution in [0.15, 0.2) is 0 Å². The Bertz CT molecular complexity index is 319. The van der Waals surface area contributed by atoms with Crippen LogP contribution in [-0.4, -0.2) is 58.3 Å². The Morgan fingerprint density at radius 3 is 2.72 bits per heavy atom. The van der Waals surface area contributed by atoms with Crippen LogP contribution < -0.4 is 10.0 Å². The third-order valence-electron chi connectivity index (χ3n) is 3.43. The first-order chi connectivity index (χ1) is 8.57. The largest absolute Gasteiger partial charge is 0.317 e. The second-order valence-electron chi connectivity index (χ2n) is 4.92. The molecular formula is C12H27N3O2S. The molecule has 5 nitrogen and oxygen atoms in total. The molecule has 1 aliphatic heterocycles. The molecule has 1 atom stereocenters. The van der Waals surface area contributed by atoms with Crippen molar-refractivity contribution in [3.8, 4) is 0 Å². The van der Waals surface area contributed by atoms with Gasteiger partial charge in [0, 0.05) is 13.1 Å². The van der Waals surface area contributed by atoms with Crippen molar-refractivity contribution in [2.24, 2.45) is 5.92 Å². The average molecular weight is 277 g/mol. The Hall–Kier alpha value is -0.170. The quantitative estimate of drug-likeness (QED) is 0.593. The van der Waals surface area contributed by atoms with Crippen molar-refractivity contribution in [3.63, 3.8) is 0 Å². The van der Waals surface area contributed by atoms with Crippen LogP contribution in [0.25, 0.3) is 0 Å². The van der Waals surface area contributed by atoms with Gasteiger partial charge in [0.15, 0.2) is 0 Å². The fourth-order valence-electron chi connectivity index (χ4n) is 2.25. The molecule has 0 amide bonds. The summed E-state index contributed by atoms with van der Waals surface area (Å²) in [4.78, 5) is 2.37. The van der Waals surface area contributed by atoms with Crippen molar-refractivity contribution in [1.82, 2.24) is 14.9 Å². The first kappa shape index (κ1) is 15.9. The summed E-state index contributed by atoms with van der Waals surface area (Å²) in [7, 11) is -3.08. The van der Waals surface area contributed by atoms with Gasteiger partial charge < -0.3 is 10.2 Å². The zero-order valence-electron chi connectivity index (χ0n) is 11.6. The average Bonchev–Trinajstić information content (AvgIpc) is 2.80. The Balaban J connectivity index is 2.17. The normalized spacial score (nSPS) is 21.6. The molecule has 1 saturated heterocycles. The van der Waals surface area contributed by atoms with E-state index in [1.807, 2.05) is 6.92 Å². The van der Waals surface area contributed by atoms with Gasteiger partial charge in [0.2, 0.25) is 10.0 Å². The summed E-state index contributed by atoms with van der Waals surface area (Å²) in [6.45, 7) is 9.61. The molecule has 108 valence electrons. The minimum absolute atomic E-state index is 0.226. The third kappa shape index (κ3) is 6.13. The monoisotopic (exact) mass is 277 g/mol. The maximum absolute atomic E-state index is 11.7. The van der Waals surface area contributed by atoms with Crippen LogP contribution in [0.2, 0.25) is 0 Å². The summed E-state index contributed by atoms with van der Waals surface area (Å²) in [6, 6.07) is 0. The van der Waals surface area contributed by atoms with Crippen molar-refractivity contribution in [2.75, 3.05) is 45.0 Å². The lowest BCUT2D eigenvalue weighted by molar-refractivity contribution is 0.342. The van der Waals surface area contributed by atoms with E-state index in [1.54, 1.807) is 0 Å². The molecule has 0 radical (unpaired) electrons. The van der Waals surface area contributed by atoms with E-state index >= 15 is 0 Å². The molecule has 6 heteroatoms. The highest BCUT2D eigenvalue weighted by atomic mass is 32.2. The molecule has 0 aromatic carbocycles. The third-order valence-corrected chi connectivity index (χ3v) is 4.86. The second kappa shape index (κ2) is 8.09. The molecule has 0 spiro atoms. The number of sulfonamides is 1. The summed E-state index contributed by atoms with van der Waals surface area (Å²) in [5.41, 5.74) is 0. The highest BCUT2D eigenvalue weighted by molar-refractivity contribution is 7.89. The number of nitrogens with one attached hydrogen (secondary N) is 2. The van der Waals surface area contributed by atoms with Crippen LogP contribution in [0.3, 0.4) is 0 Å². The summed E-state index contributed by atoms with van der Waals surface area (Å²) in [5.74, 6) is 0.706. The smallest absolute Gasteiger partial charge is 0.211 e. The van der Waals surface area contributed by atoms with E-state index in [4.69, 9.17) is 0 Å². The van der Waals surface area contributed by atoms with Gasteiger partial charge in [-0.15, -0.1) is 0 Å². The molecule has 1 fully saturated rings. The Labute approximate surface area is 111 Å². The van der Waals surface area contributed by atoms with Crippen molar-refractivity contribution in [2.45, 2.75) is 26.7 Å². The minimum atomic E-state index is -3.08. The summed E-state index contributed by atoms with van der Waals surface area (Å²) < 4.78 is 26.2. The van der Waals surface area contributed by atoms with Crippen LogP contribution in [0.5, 0.6) is 0 Å². The maximum Gasteiger partial charge on any atom is 0.211 e. The number of likely N-dealkylation sites (tertiary alicyclic amines) is 1. The summed E-state index contributed by atoms with van der Waals surface area (Å²) in [5, 5.41) is 3.13. The molecule has 0 aromatic rings. The van der Waals surface area contributed by atoms with Crippen LogP contribution in [-0.2, 0) is 10.0 Å². The fourth-order valence-corrected chi connectivity index (χ4v) is 3.41. The minimum Gasteiger partial charge on any atom is -0.317 e. The van der Waals surface area contributed by atoms with Crippen molar-refractivity contribution in [1.29, 1.82) is 0 Å². The zero-order chi connectivity index (χ0) is 13.4. The van der Waals surface area contributed by atoms with Crippen molar-refractivity contribution in [3.05, 3.63) is 0 Å². The van der Waals surface area contributed by atoms with Gasteiger partial charge in [0.1, 0.15) is 0 Å². The Morgan fingerprint density at radius 1 is 1.33 bits per heavy atom. The predicted molar refractivity (Wildman–Crippen MR) is 75.2 cm³/mol. The molecule has 1 heterocycles. The summed E-state index contributed by atoms with van der Waals surface area (Å²) >= 11 is 0. The molecule has 0 aliphatic carbocycles. The fraction of sp³-hybridized carbons (Fsp3) is 1.00. The van der Waals surface area contributed by atoms with E-state index in [9.17, 15) is 8.42 Å². The van der Waals surface area contributed by atoms with E-state index in [-0.39, 0.29) is 5.75 Å². The van der Waals surface area contributed by atoms with Crippen LogP contribution in [0.4, 0.5) is 0 Å². The first-order valence-electron chi connectivity index (χ1n) is 6.97. The molecule has 1 aliphatic rings. The topological polar surface area (TPSA) is 61.4 Å². The highest BCUT2D eigenvalue weighted by Gasteiger charge is 2.22. The lowest BCUT2D eigenvalue weighted by Gasteiger charge is -2.14. The van der Waals surface area contributed by atoms with Gasteiger partial charge in [-0.25, -0.2) is 13.1 Å². The highest BCUT2D eigenvalue weighted by Crippen LogP contribution is 2.14. The summed E-state index contributed by atoms with van der Waals surface area (Å²) in [6.07, 6.45) is 1.78. The first-order valence-corrected chi connectivity index (χ1v) is 8.63. The second-order valence-corrected chi connectivity index (χ2v) is 6.85. The van der Waals surface area contributed by atoms with Gasteiger partial charge in [0.05, 0.1) is 5.75 Å². The van der Waals surface area contributed by atoms with Gasteiger partial charge in [-0.05, 0) is 44.9 Å². The number of hydrogen-bond donors (Lipinski definition) is 2. The predicted octanol–water partition coefficient (Wildman–Crippen LogP) is 0.247. The van der Waals surface area contributed by atoms with Crippen LogP contribution in [0, 0.1) is 5.92 Å². The molecule has 0 aromatic heterocycles. The van der Waals surface area contributed by atoms with Gasteiger partial charge >= 0.3 is 0 Å². The van der Waals surface area contributed by atoms with Crippen LogP contribution in [0.1, 0.15) is 26.7 Å². The molecule has 0 bridgehead atoms. The van der Waals surface area contributed by atoms with E-state index in [0.29, 0.717) is 18.9 Å². The van der Waals surface area contributed by atoms with E-state index < -0.39 is 10.0 Å². The zero-order valence-corrected chi connectivity index (χ0v) is 12.4. The van der Waals surface area contributed by atoms with E-state index in [2.05, 4.69) is 21.9 Å². The maximum atomic E-state index is 11.7.